The summed E-state index contributed by atoms with van der Waals surface area (Å²) in [5.74, 6) is -10.4. The van der Waals surface area contributed by atoms with Crippen LogP contribution in [-0.4, -0.2) is 48.6 Å². The molecule has 0 aromatic heterocycles. The first kappa shape index (κ1) is 41.1. The molecule has 2 amide bonds. The van der Waals surface area contributed by atoms with Crippen LogP contribution in [0.2, 0.25) is 0 Å². The smallest absolute Gasteiger partial charge is 0.463 e. The second-order valence-corrected chi connectivity index (χ2v) is 12.5. The molecule has 2 atom stereocenters. The SMILES string of the molecule is CCCCCCCCCCCCCCCCCOC(=O)C(CC(C)C)NC(=O)C(CC(C)C)NC(=O)C(F)(F)C(F)(F)F. The van der Waals surface area contributed by atoms with Crippen molar-refractivity contribution in [3.63, 3.8) is 0 Å². The summed E-state index contributed by atoms with van der Waals surface area (Å²) < 4.78 is 70.2. The van der Waals surface area contributed by atoms with Crippen molar-refractivity contribution in [1.29, 1.82) is 0 Å². The first-order valence-electron chi connectivity index (χ1n) is 16.4. The number of unbranched alkanes of at least 4 members (excludes halogenated alkanes) is 14. The van der Waals surface area contributed by atoms with Crippen LogP contribution in [-0.2, 0) is 19.1 Å². The van der Waals surface area contributed by atoms with E-state index in [2.05, 4.69) is 12.2 Å². The lowest BCUT2D eigenvalue weighted by molar-refractivity contribution is -0.270. The molecule has 0 aliphatic heterocycles. The third-order valence-corrected chi connectivity index (χ3v) is 7.27. The molecule has 11 heteroatoms. The van der Waals surface area contributed by atoms with E-state index >= 15 is 0 Å². The fourth-order valence-electron chi connectivity index (χ4n) is 4.79. The van der Waals surface area contributed by atoms with Crippen LogP contribution in [0.3, 0.4) is 0 Å². The van der Waals surface area contributed by atoms with E-state index in [0.29, 0.717) is 6.42 Å². The largest absolute Gasteiger partial charge is 0.464 e. The highest BCUT2D eigenvalue weighted by molar-refractivity contribution is 5.92. The quantitative estimate of drug-likeness (QED) is 0.0602. The number of ether oxygens (including phenoxy) is 1. The van der Waals surface area contributed by atoms with Gasteiger partial charge in [-0.15, -0.1) is 0 Å². The predicted molar refractivity (Wildman–Crippen MR) is 160 cm³/mol. The Morgan fingerprint density at radius 2 is 1.00 bits per heavy atom. The second-order valence-electron chi connectivity index (χ2n) is 12.5. The molecule has 0 aliphatic rings. The van der Waals surface area contributed by atoms with E-state index in [0.717, 1.165) is 19.3 Å². The summed E-state index contributed by atoms with van der Waals surface area (Å²) in [6.45, 7) is 9.23. The van der Waals surface area contributed by atoms with Crippen molar-refractivity contribution in [3.8, 4) is 0 Å². The highest BCUT2D eigenvalue weighted by Gasteiger charge is 2.63. The van der Waals surface area contributed by atoms with Crippen molar-refractivity contribution in [2.45, 2.75) is 168 Å². The van der Waals surface area contributed by atoms with E-state index in [1.807, 2.05) is 0 Å². The Hall–Kier alpha value is -1.94. The first-order valence-corrected chi connectivity index (χ1v) is 16.4. The molecule has 6 nitrogen and oxygen atoms in total. The lowest BCUT2D eigenvalue weighted by atomic mass is 10.00. The number of amides is 2. The number of carbonyl (C=O) groups is 3. The molecule has 0 aromatic carbocycles. The molecule has 0 radical (unpaired) electrons. The van der Waals surface area contributed by atoms with Gasteiger partial charge in [-0.1, -0.05) is 125 Å². The normalized spacial score (nSPS) is 13.7. The zero-order valence-corrected chi connectivity index (χ0v) is 27.1. The maximum atomic E-state index is 13.5. The van der Waals surface area contributed by atoms with Gasteiger partial charge < -0.3 is 15.4 Å². The van der Waals surface area contributed by atoms with Gasteiger partial charge in [0.15, 0.2) is 0 Å². The third-order valence-electron chi connectivity index (χ3n) is 7.27. The molecule has 0 fully saturated rings. The fourth-order valence-corrected chi connectivity index (χ4v) is 4.79. The summed E-state index contributed by atoms with van der Waals surface area (Å²) in [6.07, 6.45) is 11.9. The van der Waals surface area contributed by atoms with Crippen LogP contribution in [0.25, 0.3) is 0 Å². The number of hydrogen-bond donors (Lipinski definition) is 2. The molecule has 43 heavy (non-hydrogen) atoms. The van der Waals surface area contributed by atoms with Crippen LogP contribution in [0.15, 0.2) is 0 Å². The van der Waals surface area contributed by atoms with Gasteiger partial charge in [-0.25, -0.2) is 4.79 Å². The molecule has 0 saturated heterocycles. The lowest BCUT2D eigenvalue weighted by Gasteiger charge is -2.26. The minimum atomic E-state index is -6.10. The molecule has 2 N–H and O–H groups in total. The molecule has 0 heterocycles. The van der Waals surface area contributed by atoms with Crippen LogP contribution in [0.5, 0.6) is 0 Å². The van der Waals surface area contributed by atoms with E-state index < -0.39 is 42.0 Å². The van der Waals surface area contributed by atoms with E-state index in [1.54, 1.807) is 27.7 Å². The molecule has 254 valence electrons. The predicted octanol–water partition coefficient (Wildman–Crippen LogP) is 8.66. The van der Waals surface area contributed by atoms with E-state index in [1.165, 1.54) is 75.9 Å². The van der Waals surface area contributed by atoms with Gasteiger partial charge in [-0.3, -0.25) is 9.59 Å². The molecule has 0 spiro atoms. The van der Waals surface area contributed by atoms with Gasteiger partial charge in [0.2, 0.25) is 5.91 Å². The highest BCUT2D eigenvalue weighted by Crippen LogP contribution is 2.35. The van der Waals surface area contributed by atoms with E-state index in [-0.39, 0.29) is 31.3 Å². The Balaban J connectivity index is 4.53. The summed E-state index contributed by atoms with van der Waals surface area (Å²) in [5.41, 5.74) is 0. The molecule has 0 saturated carbocycles. The van der Waals surface area contributed by atoms with E-state index in [4.69, 9.17) is 4.74 Å². The van der Waals surface area contributed by atoms with E-state index in [9.17, 15) is 36.3 Å². The van der Waals surface area contributed by atoms with Crippen molar-refractivity contribution < 1.29 is 41.1 Å². The van der Waals surface area contributed by atoms with Crippen molar-refractivity contribution >= 4 is 17.8 Å². The molecule has 0 rings (SSSR count). The van der Waals surface area contributed by atoms with Gasteiger partial charge in [-0.05, 0) is 31.1 Å². The number of nitrogens with one attached hydrogen (secondary N) is 2. The fraction of sp³-hybridized carbons (Fsp3) is 0.906. The Morgan fingerprint density at radius 3 is 1.40 bits per heavy atom. The number of carbonyl (C=O) groups excluding carboxylic acids is 3. The maximum Gasteiger partial charge on any atom is 0.463 e. The first-order chi connectivity index (χ1) is 20.1. The number of halogens is 5. The van der Waals surface area contributed by atoms with Crippen molar-refractivity contribution in [3.05, 3.63) is 0 Å². The van der Waals surface area contributed by atoms with Gasteiger partial charge in [0, 0.05) is 0 Å². The topological polar surface area (TPSA) is 84.5 Å². The molecular formula is C32H57F5N2O4. The van der Waals surface area contributed by atoms with Gasteiger partial charge in [0.05, 0.1) is 6.61 Å². The second kappa shape index (κ2) is 22.6. The van der Waals surface area contributed by atoms with Gasteiger partial charge in [0.25, 0.3) is 0 Å². The third kappa shape index (κ3) is 19.1. The average molecular weight is 629 g/mol. The zero-order valence-electron chi connectivity index (χ0n) is 27.1. The van der Waals surface area contributed by atoms with Crippen molar-refractivity contribution in [1.82, 2.24) is 10.6 Å². The van der Waals surface area contributed by atoms with Gasteiger partial charge in [0.1, 0.15) is 12.1 Å². The summed E-state index contributed by atoms with van der Waals surface area (Å²) in [5, 5.41) is 3.92. The van der Waals surface area contributed by atoms with Crippen LogP contribution in [0.4, 0.5) is 22.0 Å². The van der Waals surface area contributed by atoms with Crippen molar-refractivity contribution in [2.75, 3.05) is 6.61 Å². The molecule has 0 bridgehead atoms. The monoisotopic (exact) mass is 628 g/mol. The number of alkyl halides is 5. The average Bonchev–Trinajstić information content (AvgIpc) is 2.90. The molecule has 0 aromatic rings. The summed E-state index contributed by atoms with van der Waals surface area (Å²) in [4.78, 5) is 37.3. The number of rotatable bonds is 25. The Labute approximate surface area is 256 Å². The maximum absolute atomic E-state index is 13.5. The van der Waals surface area contributed by atoms with Crippen LogP contribution in [0.1, 0.15) is 144 Å². The standard InChI is InChI=1S/C32H57F5N2O4/c1-6-7-8-9-10-11-12-13-14-15-16-17-18-19-20-21-43-29(41)27(23-25(4)5)38-28(40)26(22-24(2)3)39-30(42)31(33,34)32(35,36)37/h24-27H,6-23H2,1-5H3,(H,38,40)(H,39,42). The summed E-state index contributed by atoms with van der Waals surface area (Å²) >= 11 is 0. The van der Waals surface area contributed by atoms with Crippen LogP contribution < -0.4 is 10.6 Å². The minimum absolute atomic E-state index is 0.0589. The summed E-state index contributed by atoms with van der Waals surface area (Å²) in [6, 6.07) is -2.81. The number of esters is 1. The lowest BCUT2D eigenvalue weighted by Crippen LogP contribution is -2.58. The van der Waals surface area contributed by atoms with Crippen molar-refractivity contribution in [2.24, 2.45) is 11.8 Å². The summed E-state index contributed by atoms with van der Waals surface area (Å²) in [7, 11) is 0. The van der Waals surface area contributed by atoms with Crippen LogP contribution in [0, 0.1) is 11.8 Å². The Morgan fingerprint density at radius 1 is 0.605 bits per heavy atom. The minimum Gasteiger partial charge on any atom is -0.464 e. The highest BCUT2D eigenvalue weighted by atomic mass is 19.4. The number of hydrogen-bond acceptors (Lipinski definition) is 4. The van der Waals surface area contributed by atoms with Gasteiger partial charge >= 0.3 is 24.0 Å². The molecular weight excluding hydrogens is 571 g/mol. The Bertz CT molecular complexity index is 775. The molecule has 2 unspecified atom stereocenters. The molecule has 0 aliphatic carbocycles. The Kier molecular flexibility index (Phi) is 21.5. The van der Waals surface area contributed by atoms with Gasteiger partial charge in [-0.2, -0.15) is 22.0 Å². The van der Waals surface area contributed by atoms with Crippen LogP contribution >= 0.6 is 0 Å². The zero-order chi connectivity index (χ0) is 32.9.